The van der Waals surface area contributed by atoms with Gasteiger partial charge in [0.25, 0.3) is 0 Å². The standard InChI is InChI=1S/C13H22ClN3O/c1-8(2)15-12(18)10(14)9-7-17(6)16-11(9)13(3,4)5/h7-8,10H,1-6H3,(H,15,18). The van der Waals surface area contributed by atoms with Crippen LogP contribution in [0, 0.1) is 0 Å². The lowest BCUT2D eigenvalue weighted by molar-refractivity contribution is -0.121. The van der Waals surface area contributed by atoms with Crippen molar-refractivity contribution >= 4 is 17.5 Å². The molecule has 1 rings (SSSR count). The Bertz CT molecular complexity index is 432. The number of nitrogens with zero attached hydrogens (tertiary/aromatic N) is 2. The molecule has 0 bridgehead atoms. The van der Waals surface area contributed by atoms with Gasteiger partial charge in [-0.05, 0) is 13.8 Å². The van der Waals surface area contributed by atoms with E-state index in [1.165, 1.54) is 0 Å². The minimum atomic E-state index is -0.699. The second-order valence-electron chi connectivity index (χ2n) is 5.88. The number of amides is 1. The molecule has 18 heavy (non-hydrogen) atoms. The van der Waals surface area contributed by atoms with Crippen LogP contribution in [0.2, 0.25) is 0 Å². The largest absolute Gasteiger partial charge is 0.352 e. The fourth-order valence-electron chi connectivity index (χ4n) is 1.77. The zero-order valence-electron chi connectivity index (χ0n) is 11.9. The Morgan fingerprint density at radius 2 is 2.00 bits per heavy atom. The zero-order valence-corrected chi connectivity index (χ0v) is 12.7. The maximum Gasteiger partial charge on any atom is 0.242 e. The quantitative estimate of drug-likeness (QED) is 0.859. The molecule has 1 aromatic rings. The molecule has 0 aliphatic carbocycles. The molecule has 0 spiro atoms. The van der Waals surface area contributed by atoms with E-state index in [9.17, 15) is 4.79 Å². The van der Waals surface area contributed by atoms with Gasteiger partial charge in [0, 0.05) is 30.3 Å². The number of hydrogen-bond donors (Lipinski definition) is 1. The first-order valence-electron chi connectivity index (χ1n) is 6.11. The molecule has 5 heteroatoms. The summed E-state index contributed by atoms with van der Waals surface area (Å²) < 4.78 is 1.70. The summed E-state index contributed by atoms with van der Waals surface area (Å²) in [6.07, 6.45) is 1.82. The smallest absolute Gasteiger partial charge is 0.242 e. The minimum Gasteiger partial charge on any atom is -0.352 e. The molecule has 0 fully saturated rings. The van der Waals surface area contributed by atoms with E-state index in [2.05, 4.69) is 31.2 Å². The molecule has 4 nitrogen and oxygen atoms in total. The molecule has 102 valence electrons. The molecular formula is C13H22ClN3O. The van der Waals surface area contributed by atoms with E-state index in [4.69, 9.17) is 11.6 Å². The number of aromatic nitrogens is 2. The highest BCUT2D eigenvalue weighted by Crippen LogP contribution is 2.31. The van der Waals surface area contributed by atoms with Crippen molar-refractivity contribution in [2.45, 2.75) is 51.5 Å². The monoisotopic (exact) mass is 271 g/mol. The summed E-state index contributed by atoms with van der Waals surface area (Å²) in [5.41, 5.74) is 1.51. The molecule has 1 amide bonds. The van der Waals surface area contributed by atoms with Crippen LogP contribution in [0.4, 0.5) is 0 Å². The Labute approximate surface area is 114 Å². The second-order valence-corrected chi connectivity index (χ2v) is 6.32. The molecule has 0 aliphatic heterocycles. The molecule has 0 saturated carbocycles. The van der Waals surface area contributed by atoms with Crippen LogP contribution < -0.4 is 5.32 Å². The number of nitrogens with one attached hydrogen (secondary N) is 1. The Hall–Kier alpha value is -1.03. The summed E-state index contributed by atoms with van der Waals surface area (Å²) in [6.45, 7) is 10.00. The van der Waals surface area contributed by atoms with Gasteiger partial charge in [-0.1, -0.05) is 20.8 Å². The van der Waals surface area contributed by atoms with Crippen LogP contribution in [0.1, 0.15) is 51.3 Å². The molecule has 1 heterocycles. The van der Waals surface area contributed by atoms with Crippen molar-refractivity contribution in [3.63, 3.8) is 0 Å². The van der Waals surface area contributed by atoms with Crippen LogP contribution in [0.25, 0.3) is 0 Å². The van der Waals surface area contributed by atoms with Crippen LogP contribution in [0.5, 0.6) is 0 Å². The summed E-state index contributed by atoms with van der Waals surface area (Å²) in [5.74, 6) is -0.176. The zero-order chi connectivity index (χ0) is 14.1. The summed E-state index contributed by atoms with van der Waals surface area (Å²) in [4.78, 5) is 12.0. The molecule has 1 N–H and O–H groups in total. The molecule has 1 atom stereocenters. The van der Waals surface area contributed by atoms with Crippen molar-refractivity contribution < 1.29 is 4.79 Å². The lowest BCUT2D eigenvalue weighted by Gasteiger charge is -2.20. The number of carbonyl (C=O) groups excluding carboxylic acids is 1. The maximum atomic E-state index is 12.0. The van der Waals surface area contributed by atoms with Gasteiger partial charge in [0.05, 0.1) is 5.69 Å². The van der Waals surface area contributed by atoms with E-state index in [0.29, 0.717) is 0 Å². The van der Waals surface area contributed by atoms with Crippen LogP contribution >= 0.6 is 11.6 Å². The SMILES string of the molecule is CC(C)NC(=O)C(Cl)c1cn(C)nc1C(C)(C)C. The lowest BCUT2D eigenvalue weighted by atomic mass is 9.88. The van der Waals surface area contributed by atoms with Gasteiger partial charge in [0.1, 0.15) is 5.38 Å². The summed E-state index contributed by atoms with van der Waals surface area (Å²) in [6, 6.07) is 0.0773. The number of alkyl halides is 1. The van der Waals surface area contributed by atoms with Gasteiger partial charge >= 0.3 is 0 Å². The van der Waals surface area contributed by atoms with Gasteiger partial charge in [-0.15, -0.1) is 11.6 Å². The normalized spacial score (nSPS) is 13.8. The van der Waals surface area contributed by atoms with E-state index in [-0.39, 0.29) is 17.4 Å². The van der Waals surface area contributed by atoms with E-state index >= 15 is 0 Å². The Morgan fingerprint density at radius 3 is 2.44 bits per heavy atom. The van der Waals surface area contributed by atoms with E-state index in [0.717, 1.165) is 11.3 Å². The fraction of sp³-hybridized carbons (Fsp3) is 0.692. The van der Waals surface area contributed by atoms with Crippen molar-refractivity contribution in [3.8, 4) is 0 Å². The van der Waals surface area contributed by atoms with Crippen molar-refractivity contribution in [1.29, 1.82) is 0 Å². The van der Waals surface area contributed by atoms with Crippen LogP contribution in [0.15, 0.2) is 6.20 Å². The predicted molar refractivity (Wildman–Crippen MR) is 73.8 cm³/mol. The minimum absolute atomic E-state index is 0.0773. The maximum absolute atomic E-state index is 12.0. The number of aryl methyl sites for hydroxylation is 1. The van der Waals surface area contributed by atoms with Gasteiger partial charge in [-0.3, -0.25) is 9.48 Å². The first-order valence-corrected chi connectivity index (χ1v) is 6.55. The second kappa shape index (κ2) is 5.31. The molecule has 0 saturated heterocycles. The van der Waals surface area contributed by atoms with Gasteiger partial charge in [-0.25, -0.2) is 0 Å². The van der Waals surface area contributed by atoms with Gasteiger partial charge in [0.15, 0.2) is 0 Å². The molecule has 1 aromatic heterocycles. The van der Waals surface area contributed by atoms with Crippen molar-refractivity contribution in [2.75, 3.05) is 0 Å². The Balaban J connectivity index is 3.06. The highest BCUT2D eigenvalue weighted by Gasteiger charge is 2.29. The van der Waals surface area contributed by atoms with Crippen molar-refractivity contribution in [3.05, 3.63) is 17.5 Å². The molecule has 0 aliphatic rings. The van der Waals surface area contributed by atoms with Crippen molar-refractivity contribution in [2.24, 2.45) is 7.05 Å². The number of rotatable bonds is 3. The lowest BCUT2D eigenvalue weighted by Crippen LogP contribution is -2.33. The Morgan fingerprint density at radius 1 is 1.44 bits per heavy atom. The van der Waals surface area contributed by atoms with Crippen LogP contribution in [-0.4, -0.2) is 21.7 Å². The third-order valence-corrected chi connectivity index (χ3v) is 2.93. The average molecular weight is 272 g/mol. The van der Waals surface area contributed by atoms with E-state index < -0.39 is 5.38 Å². The Kier molecular flexibility index (Phi) is 4.43. The van der Waals surface area contributed by atoms with Crippen LogP contribution in [-0.2, 0) is 17.3 Å². The van der Waals surface area contributed by atoms with Crippen LogP contribution in [0.3, 0.4) is 0 Å². The topological polar surface area (TPSA) is 46.9 Å². The molecule has 0 aromatic carbocycles. The third-order valence-electron chi connectivity index (χ3n) is 2.50. The average Bonchev–Trinajstić information content (AvgIpc) is 2.57. The molecule has 1 unspecified atom stereocenters. The third kappa shape index (κ3) is 3.48. The summed E-state index contributed by atoms with van der Waals surface area (Å²) in [7, 11) is 1.84. The van der Waals surface area contributed by atoms with Gasteiger partial charge in [-0.2, -0.15) is 5.10 Å². The first kappa shape index (κ1) is 15.0. The highest BCUT2D eigenvalue weighted by atomic mass is 35.5. The van der Waals surface area contributed by atoms with E-state index in [1.807, 2.05) is 27.1 Å². The van der Waals surface area contributed by atoms with Crippen molar-refractivity contribution in [1.82, 2.24) is 15.1 Å². The first-order chi connectivity index (χ1) is 8.12. The molecular weight excluding hydrogens is 250 g/mol. The molecule has 0 radical (unpaired) electrons. The number of carbonyl (C=O) groups is 1. The number of hydrogen-bond acceptors (Lipinski definition) is 2. The summed E-state index contributed by atoms with van der Waals surface area (Å²) in [5, 5.41) is 6.54. The fourth-order valence-corrected chi connectivity index (χ4v) is 2.00. The van der Waals surface area contributed by atoms with Gasteiger partial charge in [0.2, 0.25) is 5.91 Å². The number of halogens is 1. The highest BCUT2D eigenvalue weighted by molar-refractivity contribution is 6.30. The predicted octanol–water partition coefficient (Wildman–Crippen LogP) is 2.52. The van der Waals surface area contributed by atoms with Gasteiger partial charge < -0.3 is 5.32 Å². The van der Waals surface area contributed by atoms with E-state index in [1.54, 1.807) is 4.68 Å². The summed E-state index contributed by atoms with van der Waals surface area (Å²) >= 11 is 6.26.